The van der Waals surface area contributed by atoms with E-state index in [0.717, 1.165) is 18.4 Å². The Bertz CT molecular complexity index is 942. The zero-order valence-corrected chi connectivity index (χ0v) is 15.4. The van der Waals surface area contributed by atoms with Gasteiger partial charge in [0.1, 0.15) is 5.75 Å². The molecule has 4 nitrogen and oxygen atoms in total. The Labute approximate surface area is 157 Å². The second kappa shape index (κ2) is 6.69. The van der Waals surface area contributed by atoms with Gasteiger partial charge in [0.05, 0.1) is 0 Å². The zero-order valence-electron chi connectivity index (χ0n) is 14.6. The van der Waals surface area contributed by atoms with Gasteiger partial charge in [0.15, 0.2) is 6.61 Å². The fraction of sp³-hybridized carbons (Fsp3) is 0.286. The fourth-order valence-electron chi connectivity index (χ4n) is 3.62. The van der Waals surface area contributed by atoms with Gasteiger partial charge >= 0.3 is 0 Å². The molecular weight excluding hydrogens is 348 g/mol. The lowest BCUT2D eigenvalue weighted by atomic mass is 9.93. The van der Waals surface area contributed by atoms with Crippen LogP contribution in [0.15, 0.2) is 48.5 Å². The maximum atomic E-state index is 12.2. The molecule has 134 valence electrons. The van der Waals surface area contributed by atoms with Crippen LogP contribution in [0.25, 0.3) is 10.9 Å². The minimum absolute atomic E-state index is 0.00454. The SMILES string of the molecule is Cc1[nH]c2ccccc2c1C1(CNC(=O)COc2ccc(Cl)cc2)CC1. The average molecular weight is 369 g/mol. The van der Waals surface area contributed by atoms with Crippen molar-refractivity contribution in [2.24, 2.45) is 0 Å². The molecule has 0 radical (unpaired) electrons. The number of carbonyl (C=O) groups excluding carboxylic acids is 1. The van der Waals surface area contributed by atoms with Gasteiger partial charge in [-0.2, -0.15) is 0 Å². The minimum Gasteiger partial charge on any atom is -0.484 e. The fourth-order valence-corrected chi connectivity index (χ4v) is 3.75. The quantitative estimate of drug-likeness (QED) is 0.679. The smallest absolute Gasteiger partial charge is 0.257 e. The van der Waals surface area contributed by atoms with Crippen LogP contribution in [-0.2, 0) is 10.2 Å². The molecule has 3 aromatic rings. The molecule has 0 saturated heterocycles. The van der Waals surface area contributed by atoms with Gasteiger partial charge in [0.25, 0.3) is 5.91 Å². The third kappa shape index (κ3) is 3.29. The Hall–Kier alpha value is -2.46. The molecule has 1 aromatic heterocycles. The summed E-state index contributed by atoms with van der Waals surface area (Å²) in [5, 5.41) is 4.95. The summed E-state index contributed by atoms with van der Waals surface area (Å²) < 4.78 is 5.52. The number of halogens is 1. The minimum atomic E-state index is -0.108. The molecule has 1 aliphatic carbocycles. The highest BCUT2D eigenvalue weighted by Crippen LogP contribution is 2.51. The monoisotopic (exact) mass is 368 g/mol. The highest BCUT2D eigenvalue weighted by molar-refractivity contribution is 6.30. The molecule has 5 heteroatoms. The number of fused-ring (bicyclic) bond motifs is 1. The van der Waals surface area contributed by atoms with Crippen LogP contribution < -0.4 is 10.1 Å². The molecule has 26 heavy (non-hydrogen) atoms. The molecule has 1 heterocycles. The Morgan fingerprint density at radius 1 is 1.19 bits per heavy atom. The molecule has 1 fully saturated rings. The van der Waals surface area contributed by atoms with E-state index in [4.69, 9.17) is 16.3 Å². The lowest BCUT2D eigenvalue weighted by molar-refractivity contribution is -0.123. The normalized spacial score (nSPS) is 15.0. The van der Waals surface area contributed by atoms with Crippen molar-refractivity contribution in [3.8, 4) is 5.75 Å². The van der Waals surface area contributed by atoms with Crippen molar-refractivity contribution in [1.29, 1.82) is 0 Å². The van der Waals surface area contributed by atoms with E-state index in [2.05, 4.69) is 35.4 Å². The van der Waals surface area contributed by atoms with Crippen LogP contribution in [0.2, 0.25) is 5.02 Å². The Morgan fingerprint density at radius 2 is 1.92 bits per heavy atom. The van der Waals surface area contributed by atoms with Gasteiger partial charge in [-0.05, 0) is 55.7 Å². The maximum Gasteiger partial charge on any atom is 0.257 e. The Balaban J connectivity index is 1.40. The van der Waals surface area contributed by atoms with Gasteiger partial charge in [-0.15, -0.1) is 0 Å². The summed E-state index contributed by atoms with van der Waals surface area (Å²) in [6, 6.07) is 15.4. The summed E-state index contributed by atoms with van der Waals surface area (Å²) in [4.78, 5) is 15.7. The summed E-state index contributed by atoms with van der Waals surface area (Å²) in [6.07, 6.45) is 2.18. The second-order valence-corrected chi connectivity index (χ2v) is 7.41. The van der Waals surface area contributed by atoms with Crippen LogP contribution in [0.3, 0.4) is 0 Å². The van der Waals surface area contributed by atoms with Crippen molar-refractivity contribution in [1.82, 2.24) is 10.3 Å². The molecule has 0 spiro atoms. The predicted octanol–water partition coefficient (Wildman–Crippen LogP) is 4.36. The molecule has 4 rings (SSSR count). The number of aromatic amines is 1. The molecule has 1 aliphatic rings. The second-order valence-electron chi connectivity index (χ2n) is 6.97. The summed E-state index contributed by atoms with van der Waals surface area (Å²) in [6.45, 7) is 2.75. The number of amides is 1. The number of aromatic nitrogens is 1. The van der Waals surface area contributed by atoms with Crippen molar-refractivity contribution < 1.29 is 9.53 Å². The van der Waals surface area contributed by atoms with Crippen molar-refractivity contribution in [2.75, 3.05) is 13.2 Å². The van der Waals surface area contributed by atoms with Gasteiger partial charge in [0, 0.05) is 33.6 Å². The van der Waals surface area contributed by atoms with E-state index in [9.17, 15) is 4.79 Å². The lowest BCUT2D eigenvalue weighted by Gasteiger charge is -2.17. The maximum absolute atomic E-state index is 12.2. The van der Waals surface area contributed by atoms with E-state index in [-0.39, 0.29) is 17.9 Å². The number of aryl methyl sites for hydroxylation is 1. The van der Waals surface area contributed by atoms with Gasteiger partial charge in [-0.25, -0.2) is 0 Å². The number of para-hydroxylation sites is 1. The first-order valence-electron chi connectivity index (χ1n) is 8.80. The number of benzene rings is 2. The number of ether oxygens (including phenoxy) is 1. The van der Waals surface area contributed by atoms with Crippen molar-refractivity contribution >= 4 is 28.4 Å². The van der Waals surface area contributed by atoms with Gasteiger partial charge in [-0.1, -0.05) is 29.8 Å². The van der Waals surface area contributed by atoms with Crippen molar-refractivity contribution in [3.05, 3.63) is 64.8 Å². The zero-order chi connectivity index (χ0) is 18.1. The Morgan fingerprint density at radius 3 is 2.65 bits per heavy atom. The summed E-state index contributed by atoms with van der Waals surface area (Å²) in [7, 11) is 0. The number of hydrogen-bond acceptors (Lipinski definition) is 2. The van der Waals surface area contributed by atoms with E-state index in [1.54, 1.807) is 24.3 Å². The summed E-state index contributed by atoms with van der Waals surface area (Å²) in [5.74, 6) is 0.530. The highest BCUT2D eigenvalue weighted by atomic mass is 35.5. The first-order valence-corrected chi connectivity index (χ1v) is 9.18. The van der Waals surface area contributed by atoms with Crippen LogP contribution in [0, 0.1) is 6.92 Å². The van der Waals surface area contributed by atoms with E-state index in [0.29, 0.717) is 17.3 Å². The van der Waals surface area contributed by atoms with Crippen LogP contribution in [0.5, 0.6) is 5.75 Å². The summed E-state index contributed by atoms with van der Waals surface area (Å²) >= 11 is 5.85. The van der Waals surface area contributed by atoms with Crippen LogP contribution in [0.1, 0.15) is 24.1 Å². The molecule has 0 aliphatic heterocycles. The van der Waals surface area contributed by atoms with Crippen molar-refractivity contribution in [2.45, 2.75) is 25.2 Å². The summed E-state index contributed by atoms with van der Waals surface area (Å²) in [5.41, 5.74) is 3.73. The van der Waals surface area contributed by atoms with Gasteiger partial charge in [-0.3, -0.25) is 4.79 Å². The molecule has 1 amide bonds. The average Bonchev–Trinajstić information content (AvgIpc) is 3.34. The Kier molecular flexibility index (Phi) is 4.37. The number of rotatable bonds is 6. The third-order valence-corrected chi connectivity index (χ3v) is 5.34. The van der Waals surface area contributed by atoms with Gasteiger partial charge < -0.3 is 15.0 Å². The first-order chi connectivity index (χ1) is 12.6. The number of carbonyl (C=O) groups is 1. The number of nitrogens with one attached hydrogen (secondary N) is 2. The molecule has 0 unspecified atom stereocenters. The van der Waals surface area contributed by atoms with E-state index >= 15 is 0 Å². The number of hydrogen-bond donors (Lipinski definition) is 2. The molecule has 0 atom stereocenters. The van der Waals surface area contributed by atoms with Crippen LogP contribution >= 0.6 is 11.6 Å². The van der Waals surface area contributed by atoms with Crippen LogP contribution in [0.4, 0.5) is 0 Å². The molecule has 1 saturated carbocycles. The largest absolute Gasteiger partial charge is 0.484 e. The number of H-pyrrole nitrogens is 1. The standard InChI is InChI=1S/C21H21ClN2O2/c1-14-20(17-4-2-3-5-18(17)24-14)21(10-11-21)13-23-19(25)12-26-16-8-6-15(22)7-9-16/h2-9,24H,10-13H2,1H3,(H,23,25). The molecule has 2 aromatic carbocycles. The first kappa shape index (κ1) is 17.0. The molecular formula is C21H21ClN2O2. The van der Waals surface area contributed by atoms with Crippen LogP contribution in [-0.4, -0.2) is 24.0 Å². The predicted molar refractivity (Wildman–Crippen MR) is 104 cm³/mol. The van der Waals surface area contributed by atoms with E-state index in [1.165, 1.54) is 16.6 Å². The topological polar surface area (TPSA) is 54.1 Å². The highest BCUT2D eigenvalue weighted by Gasteiger charge is 2.46. The van der Waals surface area contributed by atoms with Gasteiger partial charge in [0.2, 0.25) is 0 Å². The molecule has 0 bridgehead atoms. The van der Waals surface area contributed by atoms with E-state index < -0.39 is 0 Å². The van der Waals surface area contributed by atoms with E-state index in [1.807, 2.05) is 6.07 Å². The lowest BCUT2D eigenvalue weighted by Crippen LogP contribution is -2.35. The third-order valence-electron chi connectivity index (χ3n) is 5.08. The van der Waals surface area contributed by atoms with Crippen molar-refractivity contribution in [3.63, 3.8) is 0 Å². The molecule has 2 N–H and O–H groups in total.